The van der Waals surface area contributed by atoms with Crippen molar-refractivity contribution in [3.63, 3.8) is 0 Å². The van der Waals surface area contributed by atoms with Crippen LogP contribution in [0.1, 0.15) is 25.8 Å². The van der Waals surface area contributed by atoms with Crippen LogP contribution in [0.5, 0.6) is 0 Å². The minimum absolute atomic E-state index is 0.176. The van der Waals surface area contributed by atoms with E-state index in [4.69, 9.17) is 0 Å². The van der Waals surface area contributed by atoms with Crippen molar-refractivity contribution in [2.75, 3.05) is 0 Å². The molecule has 0 saturated carbocycles. The molecule has 0 nitrogen and oxygen atoms in total. The molecule has 64 valence electrons. The third-order valence-corrected chi connectivity index (χ3v) is 1.94. The van der Waals surface area contributed by atoms with Crippen LogP contribution in [0.15, 0.2) is 30.3 Å². The van der Waals surface area contributed by atoms with Crippen LogP contribution in [0.3, 0.4) is 0 Å². The van der Waals surface area contributed by atoms with Gasteiger partial charge in [-0.1, -0.05) is 25.1 Å². The lowest BCUT2D eigenvalue weighted by atomic mass is 10.0. The molecule has 1 aromatic carbocycles. The zero-order chi connectivity index (χ0) is 8.97. The standard InChI is InChI=1S/C11H13F/c1-3-9(4-2)10-5-7-11(12)8-6-10/h3,5-8H,4H2,1-2H3/b9-3-. The van der Waals surface area contributed by atoms with Gasteiger partial charge in [0.25, 0.3) is 0 Å². The predicted molar refractivity (Wildman–Crippen MR) is 50.3 cm³/mol. The monoisotopic (exact) mass is 164 g/mol. The summed E-state index contributed by atoms with van der Waals surface area (Å²) in [5.74, 6) is -0.176. The highest BCUT2D eigenvalue weighted by atomic mass is 19.1. The Morgan fingerprint density at radius 3 is 2.33 bits per heavy atom. The number of hydrogen-bond donors (Lipinski definition) is 0. The summed E-state index contributed by atoms with van der Waals surface area (Å²) >= 11 is 0. The van der Waals surface area contributed by atoms with Crippen molar-refractivity contribution in [2.45, 2.75) is 20.3 Å². The third kappa shape index (κ3) is 1.94. The van der Waals surface area contributed by atoms with E-state index in [-0.39, 0.29) is 5.82 Å². The molecule has 0 aromatic heterocycles. The van der Waals surface area contributed by atoms with Gasteiger partial charge >= 0.3 is 0 Å². The smallest absolute Gasteiger partial charge is 0.123 e. The van der Waals surface area contributed by atoms with Crippen LogP contribution in [-0.2, 0) is 0 Å². The van der Waals surface area contributed by atoms with E-state index in [1.165, 1.54) is 17.7 Å². The Morgan fingerprint density at radius 2 is 1.92 bits per heavy atom. The maximum Gasteiger partial charge on any atom is 0.123 e. The first-order valence-corrected chi connectivity index (χ1v) is 4.19. The molecule has 0 aliphatic rings. The fourth-order valence-corrected chi connectivity index (χ4v) is 1.24. The van der Waals surface area contributed by atoms with E-state index in [2.05, 4.69) is 13.0 Å². The Balaban J connectivity index is 2.96. The van der Waals surface area contributed by atoms with E-state index in [9.17, 15) is 4.39 Å². The van der Waals surface area contributed by atoms with Crippen LogP contribution in [-0.4, -0.2) is 0 Å². The van der Waals surface area contributed by atoms with Crippen LogP contribution < -0.4 is 0 Å². The highest BCUT2D eigenvalue weighted by molar-refractivity contribution is 5.64. The number of allylic oxidation sites excluding steroid dienone is 2. The van der Waals surface area contributed by atoms with Gasteiger partial charge in [0.2, 0.25) is 0 Å². The molecule has 0 N–H and O–H groups in total. The fourth-order valence-electron chi connectivity index (χ4n) is 1.24. The Hall–Kier alpha value is -1.11. The van der Waals surface area contributed by atoms with Gasteiger partial charge < -0.3 is 0 Å². The molecular formula is C11H13F. The number of halogens is 1. The lowest BCUT2D eigenvalue weighted by Crippen LogP contribution is -1.82. The molecule has 0 fully saturated rings. The fraction of sp³-hybridized carbons (Fsp3) is 0.273. The molecule has 0 radical (unpaired) electrons. The average Bonchev–Trinajstić information content (AvgIpc) is 2.10. The maximum atomic E-state index is 12.5. The molecule has 1 aromatic rings. The third-order valence-electron chi connectivity index (χ3n) is 1.94. The van der Waals surface area contributed by atoms with Crippen molar-refractivity contribution >= 4 is 5.57 Å². The van der Waals surface area contributed by atoms with Gasteiger partial charge in [0, 0.05) is 0 Å². The summed E-state index contributed by atoms with van der Waals surface area (Å²) in [5, 5.41) is 0. The molecule has 1 heteroatoms. The summed E-state index contributed by atoms with van der Waals surface area (Å²) in [6, 6.07) is 6.62. The zero-order valence-corrected chi connectivity index (χ0v) is 7.47. The summed E-state index contributed by atoms with van der Waals surface area (Å²) < 4.78 is 12.5. The van der Waals surface area contributed by atoms with E-state index in [0.29, 0.717) is 0 Å². The molecular weight excluding hydrogens is 151 g/mol. The van der Waals surface area contributed by atoms with Crippen LogP contribution in [0.4, 0.5) is 4.39 Å². The first-order valence-electron chi connectivity index (χ1n) is 4.19. The topological polar surface area (TPSA) is 0 Å². The van der Waals surface area contributed by atoms with Crippen molar-refractivity contribution < 1.29 is 4.39 Å². The molecule has 12 heavy (non-hydrogen) atoms. The van der Waals surface area contributed by atoms with Crippen molar-refractivity contribution in [1.82, 2.24) is 0 Å². The quantitative estimate of drug-likeness (QED) is 0.626. The average molecular weight is 164 g/mol. The second-order valence-corrected chi connectivity index (χ2v) is 2.67. The molecule has 0 aliphatic carbocycles. The van der Waals surface area contributed by atoms with Crippen LogP contribution in [0, 0.1) is 5.82 Å². The molecule has 0 bridgehead atoms. The second-order valence-electron chi connectivity index (χ2n) is 2.67. The first kappa shape index (κ1) is 8.98. The minimum atomic E-state index is -0.176. The second kappa shape index (κ2) is 4.05. The minimum Gasteiger partial charge on any atom is -0.207 e. The Labute approximate surface area is 72.7 Å². The van der Waals surface area contributed by atoms with Crippen LogP contribution in [0.2, 0.25) is 0 Å². The molecule has 0 amide bonds. The molecule has 0 heterocycles. The van der Waals surface area contributed by atoms with E-state index in [1.807, 2.05) is 19.1 Å². The molecule has 0 atom stereocenters. The lowest BCUT2D eigenvalue weighted by molar-refractivity contribution is 0.627. The van der Waals surface area contributed by atoms with Gasteiger partial charge in [0.15, 0.2) is 0 Å². The Kier molecular flexibility index (Phi) is 3.03. The SMILES string of the molecule is C/C=C(/CC)c1ccc(F)cc1. The summed E-state index contributed by atoms with van der Waals surface area (Å²) in [4.78, 5) is 0. The summed E-state index contributed by atoms with van der Waals surface area (Å²) in [5.41, 5.74) is 2.37. The number of benzene rings is 1. The van der Waals surface area contributed by atoms with Crippen LogP contribution >= 0.6 is 0 Å². The van der Waals surface area contributed by atoms with Gasteiger partial charge in [-0.2, -0.15) is 0 Å². The summed E-state index contributed by atoms with van der Waals surface area (Å²) in [7, 11) is 0. The van der Waals surface area contributed by atoms with Gasteiger partial charge in [-0.05, 0) is 36.6 Å². The summed E-state index contributed by atoms with van der Waals surface area (Å²) in [6.45, 7) is 4.10. The normalized spacial score (nSPS) is 11.8. The Morgan fingerprint density at radius 1 is 1.33 bits per heavy atom. The van der Waals surface area contributed by atoms with Crippen LogP contribution in [0.25, 0.3) is 5.57 Å². The van der Waals surface area contributed by atoms with Crippen molar-refractivity contribution in [3.8, 4) is 0 Å². The van der Waals surface area contributed by atoms with Gasteiger partial charge in [0.05, 0.1) is 0 Å². The molecule has 0 unspecified atom stereocenters. The molecule has 0 spiro atoms. The van der Waals surface area contributed by atoms with Crippen molar-refractivity contribution in [3.05, 3.63) is 41.7 Å². The number of hydrogen-bond acceptors (Lipinski definition) is 0. The molecule has 0 aliphatic heterocycles. The van der Waals surface area contributed by atoms with Gasteiger partial charge in [0.1, 0.15) is 5.82 Å². The van der Waals surface area contributed by atoms with Gasteiger partial charge in [-0.3, -0.25) is 0 Å². The largest absolute Gasteiger partial charge is 0.207 e. The number of rotatable bonds is 2. The van der Waals surface area contributed by atoms with Gasteiger partial charge in [-0.25, -0.2) is 4.39 Å². The molecule has 0 saturated heterocycles. The van der Waals surface area contributed by atoms with E-state index in [1.54, 1.807) is 0 Å². The molecule has 1 rings (SSSR count). The van der Waals surface area contributed by atoms with Gasteiger partial charge in [-0.15, -0.1) is 0 Å². The highest BCUT2D eigenvalue weighted by Gasteiger charge is 1.96. The zero-order valence-electron chi connectivity index (χ0n) is 7.47. The van der Waals surface area contributed by atoms with E-state index >= 15 is 0 Å². The maximum absolute atomic E-state index is 12.5. The highest BCUT2D eigenvalue weighted by Crippen LogP contribution is 2.17. The summed E-state index contributed by atoms with van der Waals surface area (Å²) in [6.07, 6.45) is 3.05. The Bertz CT molecular complexity index is 270. The predicted octanol–water partition coefficient (Wildman–Crippen LogP) is 3.64. The lowest BCUT2D eigenvalue weighted by Gasteiger charge is -2.02. The van der Waals surface area contributed by atoms with Crippen molar-refractivity contribution in [2.24, 2.45) is 0 Å². The first-order chi connectivity index (χ1) is 5.77. The van der Waals surface area contributed by atoms with Crippen molar-refractivity contribution in [1.29, 1.82) is 0 Å². The van der Waals surface area contributed by atoms with E-state index < -0.39 is 0 Å². The van der Waals surface area contributed by atoms with E-state index in [0.717, 1.165) is 12.0 Å².